The second-order valence-corrected chi connectivity index (χ2v) is 5.11. The van der Waals surface area contributed by atoms with Crippen LogP contribution in [0.15, 0.2) is 54.6 Å². The number of amides is 1. The molecule has 0 aromatic heterocycles. The molecule has 0 radical (unpaired) electrons. The van der Waals surface area contributed by atoms with Gasteiger partial charge in [-0.2, -0.15) is 0 Å². The zero-order valence-electron chi connectivity index (χ0n) is 13.5. The maximum Gasteiger partial charge on any atom is 0.223 e. The van der Waals surface area contributed by atoms with E-state index in [1.54, 1.807) is 0 Å². The Morgan fingerprint density at radius 3 is 2.48 bits per heavy atom. The number of benzene rings is 2. The summed E-state index contributed by atoms with van der Waals surface area (Å²) in [5.74, 6) is 1.58. The average molecular weight is 313 g/mol. The molecule has 0 aliphatic rings. The van der Waals surface area contributed by atoms with Crippen LogP contribution in [0.25, 0.3) is 0 Å². The number of carbonyl (C=O) groups is 1. The highest BCUT2D eigenvalue weighted by atomic mass is 16.5. The van der Waals surface area contributed by atoms with Crippen molar-refractivity contribution in [3.8, 4) is 11.5 Å². The molecule has 2 aromatic rings. The third-order valence-electron chi connectivity index (χ3n) is 3.34. The van der Waals surface area contributed by atoms with E-state index in [2.05, 4.69) is 18.3 Å². The minimum atomic E-state index is -0.0353. The van der Waals surface area contributed by atoms with E-state index >= 15 is 0 Å². The highest BCUT2D eigenvalue weighted by Gasteiger charge is 2.02. The lowest BCUT2D eigenvalue weighted by atomic mass is 10.2. The Bertz CT molecular complexity index is 599. The molecule has 0 heterocycles. The minimum absolute atomic E-state index is 0.0353. The highest BCUT2D eigenvalue weighted by Crippen LogP contribution is 2.13. The Hall–Kier alpha value is -2.49. The summed E-state index contributed by atoms with van der Waals surface area (Å²) in [5, 5.41) is 2.82. The van der Waals surface area contributed by atoms with E-state index in [0.717, 1.165) is 17.9 Å². The van der Waals surface area contributed by atoms with Crippen molar-refractivity contribution >= 4 is 5.91 Å². The molecule has 4 nitrogen and oxygen atoms in total. The van der Waals surface area contributed by atoms with Crippen LogP contribution in [-0.4, -0.2) is 25.7 Å². The van der Waals surface area contributed by atoms with Crippen molar-refractivity contribution in [3.05, 3.63) is 60.2 Å². The molecule has 1 N–H and O–H groups in total. The first-order chi connectivity index (χ1) is 11.3. The van der Waals surface area contributed by atoms with E-state index in [4.69, 9.17) is 9.47 Å². The molecule has 4 heteroatoms. The van der Waals surface area contributed by atoms with Gasteiger partial charge >= 0.3 is 0 Å². The van der Waals surface area contributed by atoms with Crippen molar-refractivity contribution < 1.29 is 14.3 Å². The van der Waals surface area contributed by atoms with E-state index in [9.17, 15) is 4.79 Å². The van der Waals surface area contributed by atoms with Crippen molar-refractivity contribution in [2.45, 2.75) is 19.8 Å². The first-order valence-corrected chi connectivity index (χ1v) is 7.94. The lowest BCUT2D eigenvalue weighted by molar-refractivity contribution is -0.121. The van der Waals surface area contributed by atoms with Crippen LogP contribution in [0, 0.1) is 0 Å². The summed E-state index contributed by atoms with van der Waals surface area (Å²) in [4.78, 5) is 11.7. The van der Waals surface area contributed by atoms with Crippen LogP contribution < -0.4 is 14.8 Å². The van der Waals surface area contributed by atoms with Gasteiger partial charge in [-0.05, 0) is 36.2 Å². The maximum absolute atomic E-state index is 11.7. The Morgan fingerprint density at radius 2 is 1.70 bits per heavy atom. The van der Waals surface area contributed by atoms with Crippen LogP contribution in [0.3, 0.4) is 0 Å². The van der Waals surface area contributed by atoms with Gasteiger partial charge < -0.3 is 14.8 Å². The molecule has 2 rings (SSSR count). The molecule has 0 aliphatic heterocycles. The fourth-order valence-electron chi connectivity index (χ4n) is 2.08. The summed E-state index contributed by atoms with van der Waals surface area (Å²) in [6, 6.07) is 17.5. The quantitative estimate of drug-likeness (QED) is 0.723. The van der Waals surface area contributed by atoms with Gasteiger partial charge in [-0.15, -0.1) is 0 Å². The molecule has 0 atom stereocenters. The first kappa shape index (κ1) is 16.9. The van der Waals surface area contributed by atoms with Gasteiger partial charge in [0.1, 0.15) is 18.1 Å². The van der Waals surface area contributed by atoms with E-state index < -0.39 is 0 Å². The summed E-state index contributed by atoms with van der Waals surface area (Å²) in [7, 11) is 0. The number of carbonyl (C=O) groups excluding carboxylic acids is 1. The Kier molecular flexibility index (Phi) is 6.98. The molecule has 0 spiro atoms. The van der Waals surface area contributed by atoms with E-state index in [1.807, 2.05) is 48.5 Å². The number of ether oxygens (including phenoxy) is 2. The summed E-state index contributed by atoms with van der Waals surface area (Å²) < 4.78 is 11.1. The normalized spacial score (nSPS) is 10.1. The summed E-state index contributed by atoms with van der Waals surface area (Å²) in [6.45, 7) is 3.42. The summed E-state index contributed by atoms with van der Waals surface area (Å²) in [6.07, 6.45) is 1.32. The number of para-hydroxylation sites is 1. The van der Waals surface area contributed by atoms with Crippen LogP contribution in [0.1, 0.15) is 18.9 Å². The molecule has 1 amide bonds. The van der Waals surface area contributed by atoms with Gasteiger partial charge in [-0.3, -0.25) is 4.79 Å². The first-order valence-electron chi connectivity index (χ1n) is 7.94. The molecule has 0 unspecified atom stereocenters. The van der Waals surface area contributed by atoms with Gasteiger partial charge in [-0.25, -0.2) is 0 Å². The van der Waals surface area contributed by atoms with Crippen molar-refractivity contribution in [3.63, 3.8) is 0 Å². The van der Waals surface area contributed by atoms with Crippen molar-refractivity contribution in [2.24, 2.45) is 0 Å². The molecule has 0 bridgehead atoms. The molecule has 0 saturated carbocycles. The fraction of sp³-hybridized carbons (Fsp3) is 0.316. The van der Waals surface area contributed by atoms with Crippen molar-refractivity contribution in [1.82, 2.24) is 5.32 Å². The molecule has 23 heavy (non-hydrogen) atoms. The van der Waals surface area contributed by atoms with Gasteiger partial charge in [0.2, 0.25) is 5.91 Å². The highest BCUT2D eigenvalue weighted by molar-refractivity contribution is 5.75. The second kappa shape index (κ2) is 9.51. The lowest BCUT2D eigenvalue weighted by Gasteiger charge is -2.09. The molecular weight excluding hydrogens is 290 g/mol. The largest absolute Gasteiger partial charge is 0.493 e. The molecule has 0 fully saturated rings. The zero-order valence-corrected chi connectivity index (χ0v) is 13.5. The minimum Gasteiger partial charge on any atom is -0.493 e. The summed E-state index contributed by atoms with van der Waals surface area (Å²) in [5.41, 5.74) is 1.24. The van der Waals surface area contributed by atoms with Gasteiger partial charge in [-0.1, -0.05) is 37.3 Å². The van der Waals surface area contributed by atoms with Gasteiger partial charge in [0.25, 0.3) is 0 Å². The zero-order chi connectivity index (χ0) is 16.3. The lowest BCUT2D eigenvalue weighted by Crippen LogP contribution is -2.29. The Morgan fingerprint density at radius 1 is 0.957 bits per heavy atom. The van der Waals surface area contributed by atoms with Crippen molar-refractivity contribution in [1.29, 1.82) is 0 Å². The number of hydrogen-bond donors (Lipinski definition) is 1. The van der Waals surface area contributed by atoms with Gasteiger partial charge in [0.15, 0.2) is 0 Å². The molecule has 2 aromatic carbocycles. The second-order valence-electron chi connectivity index (χ2n) is 5.11. The predicted octanol–water partition coefficient (Wildman–Crippen LogP) is 3.21. The number of aryl methyl sites for hydroxylation is 1. The summed E-state index contributed by atoms with van der Waals surface area (Å²) >= 11 is 0. The fourth-order valence-corrected chi connectivity index (χ4v) is 2.08. The predicted molar refractivity (Wildman–Crippen MR) is 90.9 cm³/mol. The number of nitrogens with one attached hydrogen (secondary N) is 1. The topological polar surface area (TPSA) is 47.6 Å². The van der Waals surface area contributed by atoms with Crippen LogP contribution in [0.4, 0.5) is 0 Å². The third kappa shape index (κ3) is 6.43. The SMILES string of the molecule is CCc1cccc(OCCNC(=O)CCOc2ccccc2)c1. The van der Waals surface area contributed by atoms with Crippen LogP contribution in [0.5, 0.6) is 11.5 Å². The monoisotopic (exact) mass is 313 g/mol. The van der Waals surface area contributed by atoms with E-state index in [0.29, 0.717) is 26.2 Å². The maximum atomic E-state index is 11.7. The van der Waals surface area contributed by atoms with E-state index in [-0.39, 0.29) is 5.91 Å². The van der Waals surface area contributed by atoms with Crippen LogP contribution in [0.2, 0.25) is 0 Å². The molecule has 0 saturated heterocycles. The number of rotatable bonds is 9. The van der Waals surface area contributed by atoms with Gasteiger partial charge in [0, 0.05) is 0 Å². The molecule has 0 aliphatic carbocycles. The molecular formula is C19H23NO3. The van der Waals surface area contributed by atoms with Gasteiger partial charge in [0.05, 0.1) is 19.6 Å². The third-order valence-corrected chi connectivity index (χ3v) is 3.34. The smallest absolute Gasteiger partial charge is 0.223 e. The van der Waals surface area contributed by atoms with Crippen molar-refractivity contribution in [2.75, 3.05) is 19.8 Å². The number of hydrogen-bond acceptors (Lipinski definition) is 3. The van der Waals surface area contributed by atoms with E-state index in [1.165, 1.54) is 5.56 Å². The van der Waals surface area contributed by atoms with Crippen LogP contribution in [-0.2, 0) is 11.2 Å². The van der Waals surface area contributed by atoms with Crippen LogP contribution >= 0.6 is 0 Å². The average Bonchev–Trinajstić information content (AvgIpc) is 2.60. The Labute approximate surface area is 137 Å². The molecule has 122 valence electrons. The standard InChI is InChI=1S/C19H23NO3/c1-2-16-7-6-10-18(15-16)23-14-12-20-19(21)11-13-22-17-8-4-3-5-9-17/h3-10,15H,2,11-14H2,1H3,(H,20,21). The Balaban J connectivity index is 1.57.